The number of halogens is 1. The average molecular weight is 297 g/mol. The summed E-state index contributed by atoms with van der Waals surface area (Å²) in [6.45, 7) is 6.14. The molecular weight excluding hydrogens is 276 g/mol. The van der Waals surface area contributed by atoms with Gasteiger partial charge in [-0.2, -0.15) is 0 Å². The fourth-order valence-electron chi connectivity index (χ4n) is 2.75. The quantitative estimate of drug-likeness (QED) is 0.818. The fraction of sp³-hybridized carbons (Fsp3) is 0.533. The van der Waals surface area contributed by atoms with Crippen molar-refractivity contribution in [2.24, 2.45) is 5.41 Å². The minimum absolute atomic E-state index is 0.190. The number of nitrogens with zero attached hydrogens (tertiary/aromatic N) is 1. The Labute approximate surface area is 124 Å². The van der Waals surface area contributed by atoms with E-state index in [1.807, 2.05) is 0 Å². The Bertz CT molecular complexity index is 529. The van der Waals surface area contributed by atoms with E-state index < -0.39 is 5.97 Å². The van der Waals surface area contributed by atoms with Crippen LogP contribution in [0.15, 0.2) is 12.1 Å². The average Bonchev–Trinajstić information content (AvgIpc) is 2.49. The van der Waals surface area contributed by atoms with Gasteiger partial charge < -0.3 is 15.7 Å². The van der Waals surface area contributed by atoms with Crippen LogP contribution in [0.3, 0.4) is 0 Å². The third-order valence-electron chi connectivity index (χ3n) is 3.97. The molecule has 1 saturated heterocycles. The first-order valence-electron chi connectivity index (χ1n) is 6.87. The number of nitrogens with two attached hydrogens (primary N) is 1. The second-order valence-corrected chi connectivity index (χ2v) is 6.62. The van der Waals surface area contributed by atoms with Crippen LogP contribution in [0.2, 0.25) is 5.02 Å². The molecule has 1 aliphatic rings. The molecule has 0 bridgehead atoms. The van der Waals surface area contributed by atoms with Gasteiger partial charge in [-0.05, 0) is 36.8 Å². The van der Waals surface area contributed by atoms with Gasteiger partial charge in [0.2, 0.25) is 0 Å². The highest BCUT2D eigenvalue weighted by Crippen LogP contribution is 2.37. The number of aromatic carboxylic acids is 1. The van der Waals surface area contributed by atoms with E-state index in [0.717, 1.165) is 32.4 Å². The molecular formula is C15H21ClN2O2. The smallest absolute Gasteiger partial charge is 0.337 e. The highest BCUT2D eigenvalue weighted by Gasteiger charge is 2.26. The van der Waals surface area contributed by atoms with Crippen LogP contribution >= 0.6 is 11.6 Å². The van der Waals surface area contributed by atoms with E-state index in [1.54, 1.807) is 6.07 Å². The Kier molecular flexibility index (Phi) is 4.14. The van der Waals surface area contributed by atoms with E-state index in [9.17, 15) is 9.90 Å². The van der Waals surface area contributed by atoms with Gasteiger partial charge in [0.25, 0.3) is 0 Å². The van der Waals surface area contributed by atoms with Crippen LogP contribution < -0.4 is 10.6 Å². The van der Waals surface area contributed by atoms with E-state index in [2.05, 4.69) is 18.7 Å². The highest BCUT2D eigenvalue weighted by atomic mass is 35.5. The van der Waals surface area contributed by atoms with Crippen molar-refractivity contribution in [3.8, 4) is 0 Å². The summed E-state index contributed by atoms with van der Waals surface area (Å²) in [6, 6.07) is 3.11. The lowest BCUT2D eigenvalue weighted by molar-refractivity contribution is 0.0697. The lowest BCUT2D eigenvalue weighted by Crippen LogP contribution is -2.27. The van der Waals surface area contributed by atoms with Crippen molar-refractivity contribution in [1.29, 1.82) is 0 Å². The van der Waals surface area contributed by atoms with Crippen molar-refractivity contribution >= 4 is 28.9 Å². The first-order valence-corrected chi connectivity index (χ1v) is 7.25. The summed E-state index contributed by atoms with van der Waals surface area (Å²) in [4.78, 5) is 13.5. The number of carboxylic acid groups (broad SMARTS) is 1. The number of carbonyl (C=O) groups is 1. The Morgan fingerprint density at radius 1 is 1.35 bits per heavy atom. The van der Waals surface area contributed by atoms with Gasteiger partial charge in [0.05, 0.1) is 16.3 Å². The lowest BCUT2D eigenvalue weighted by atomic mass is 9.85. The number of anilines is 2. The van der Waals surface area contributed by atoms with Gasteiger partial charge in [-0.1, -0.05) is 25.4 Å². The van der Waals surface area contributed by atoms with Gasteiger partial charge in [0, 0.05) is 18.8 Å². The fourth-order valence-corrected chi connectivity index (χ4v) is 3.10. The van der Waals surface area contributed by atoms with Crippen molar-refractivity contribution in [3.05, 3.63) is 22.7 Å². The van der Waals surface area contributed by atoms with Crippen molar-refractivity contribution in [1.82, 2.24) is 0 Å². The highest BCUT2D eigenvalue weighted by molar-refractivity contribution is 6.34. The molecule has 2 rings (SSSR count). The number of hydrogen-bond donors (Lipinski definition) is 2. The molecule has 110 valence electrons. The summed E-state index contributed by atoms with van der Waals surface area (Å²) in [5, 5.41) is 9.80. The molecule has 3 N–H and O–H groups in total. The maximum Gasteiger partial charge on any atom is 0.337 e. The van der Waals surface area contributed by atoms with Gasteiger partial charge in [-0.15, -0.1) is 0 Å². The second kappa shape index (κ2) is 5.52. The lowest BCUT2D eigenvalue weighted by Gasteiger charge is -2.27. The summed E-state index contributed by atoms with van der Waals surface area (Å²) in [5.74, 6) is -0.988. The van der Waals surface area contributed by atoms with Gasteiger partial charge in [0.15, 0.2) is 0 Å². The van der Waals surface area contributed by atoms with E-state index >= 15 is 0 Å². The van der Waals surface area contributed by atoms with Crippen LogP contribution in [0.5, 0.6) is 0 Å². The molecule has 1 aromatic rings. The number of rotatable bonds is 2. The largest absolute Gasteiger partial charge is 0.478 e. The van der Waals surface area contributed by atoms with E-state index in [0.29, 0.717) is 21.8 Å². The molecule has 1 aromatic carbocycles. The standard InChI is InChI=1S/C15H21ClN2O2/c1-15(2)4-3-6-18(7-5-15)13-11(14(19)20)8-10(17)9-12(13)16/h8-9H,3-7,17H2,1-2H3,(H,19,20). The maximum absolute atomic E-state index is 11.4. The molecule has 0 spiro atoms. The molecule has 0 saturated carbocycles. The van der Waals surface area contributed by atoms with Crippen LogP contribution in [0.4, 0.5) is 11.4 Å². The molecule has 20 heavy (non-hydrogen) atoms. The van der Waals surface area contributed by atoms with Crippen LogP contribution in [-0.2, 0) is 0 Å². The van der Waals surface area contributed by atoms with Gasteiger partial charge in [-0.3, -0.25) is 0 Å². The zero-order valence-electron chi connectivity index (χ0n) is 11.9. The van der Waals surface area contributed by atoms with Gasteiger partial charge in [0.1, 0.15) is 0 Å². The topological polar surface area (TPSA) is 66.6 Å². The summed E-state index contributed by atoms with van der Waals surface area (Å²) < 4.78 is 0. The van der Waals surface area contributed by atoms with Crippen molar-refractivity contribution in [2.75, 3.05) is 23.7 Å². The normalized spacial score (nSPS) is 18.6. The van der Waals surface area contributed by atoms with Gasteiger partial charge >= 0.3 is 5.97 Å². The van der Waals surface area contributed by atoms with E-state index in [-0.39, 0.29) is 5.56 Å². The summed E-state index contributed by atoms with van der Waals surface area (Å²) >= 11 is 6.25. The summed E-state index contributed by atoms with van der Waals surface area (Å²) in [5.41, 5.74) is 7.17. The predicted molar refractivity (Wildman–Crippen MR) is 82.7 cm³/mol. The third-order valence-corrected chi connectivity index (χ3v) is 4.26. The van der Waals surface area contributed by atoms with Crippen LogP contribution in [-0.4, -0.2) is 24.2 Å². The molecule has 0 amide bonds. The molecule has 1 fully saturated rings. The predicted octanol–water partition coefficient (Wildman–Crippen LogP) is 3.64. The second-order valence-electron chi connectivity index (χ2n) is 6.21. The van der Waals surface area contributed by atoms with Crippen LogP contribution in [0, 0.1) is 5.41 Å². The zero-order chi connectivity index (χ0) is 14.9. The SMILES string of the molecule is CC1(C)CCCN(c2c(Cl)cc(N)cc2C(=O)O)CC1. The Morgan fingerprint density at radius 3 is 2.70 bits per heavy atom. The molecule has 0 aliphatic carbocycles. The minimum Gasteiger partial charge on any atom is -0.478 e. The first kappa shape index (κ1) is 15.0. The van der Waals surface area contributed by atoms with Crippen molar-refractivity contribution in [2.45, 2.75) is 33.1 Å². The maximum atomic E-state index is 11.4. The van der Waals surface area contributed by atoms with Gasteiger partial charge in [-0.25, -0.2) is 4.79 Å². The van der Waals surface area contributed by atoms with Crippen molar-refractivity contribution in [3.63, 3.8) is 0 Å². The minimum atomic E-state index is -0.988. The summed E-state index contributed by atoms with van der Waals surface area (Å²) in [6.07, 6.45) is 3.19. The van der Waals surface area contributed by atoms with Crippen LogP contribution in [0.25, 0.3) is 0 Å². The Balaban J connectivity index is 2.39. The molecule has 0 atom stereocenters. The molecule has 0 aromatic heterocycles. The Hall–Kier alpha value is -1.42. The van der Waals surface area contributed by atoms with Crippen LogP contribution in [0.1, 0.15) is 43.5 Å². The first-order chi connectivity index (χ1) is 9.30. The summed E-state index contributed by atoms with van der Waals surface area (Å²) in [7, 11) is 0. The monoisotopic (exact) mass is 296 g/mol. The van der Waals surface area contributed by atoms with E-state index in [4.69, 9.17) is 17.3 Å². The van der Waals surface area contributed by atoms with Crippen molar-refractivity contribution < 1.29 is 9.90 Å². The zero-order valence-corrected chi connectivity index (χ0v) is 12.7. The Morgan fingerprint density at radius 2 is 2.05 bits per heavy atom. The molecule has 0 radical (unpaired) electrons. The molecule has 4 nitrogen and oxygen atoms in total. The number of hydrogen-bond acceptors (Lipinski definition) is 3. The molecule has 1 aliphatic heterocycles. The third kappa shape index (κ3) is 3.18. The number of carboxylic acids is 1. The van der Waals surface area contributed by atoms with E-state index in [1.165, 1.54) is 6.07 Å². The molecule has 5 heteroatoms. The number of nitrogen functional groups attached to an aromatic ring is 1. The molecule has 0 unspecified atom stereocenters. The number of benzene rings is 1. The molecule has 1 heterocycles.